The molecule has 0 aliphatic heterocycles. The highest BCUT2D eigenvalue weighted by molar-refractivity contribution is 5.97. The second-order valence-electron chi connectivity index (χ2n) is 8.31. The molecular formula is C20H27N7. The summed E-state index contributed by atoms with van der Waals surface area (Å²) >= 11 is 0. The molecule has 2 fully saturated rings. The smallest absolute Gasteiger partial charge is 0.164 e. The fourth-order valence-corrected chi connectivity index (χ4v) is 4.31. The van der Waals surface area contributed by atoms with Gasteiger partial charge < -0.3 is 5.73 Å². The van der Waals surface area contributed by atoms with Crippen LogP contribution in [0.5, 0.6) is 0 Å². The van der Waals surface area contributed by atoms with Crippen LogP contribution in [0.1, 0.15) is 82.5 Å². The van der Waals surface area contributed by atoms with Gasteiger partial charge in [-0.15, -0.1) is 0 Å². The SMILES string of the molecule is CC(C)n1nc(-c2cc(C3CC3)nn2C2CCCCC2)c2c(N)ncnc21. The van der Waals surface area contributed by atoms with Crippen molar-refractivity contribution in [1.82, 2.24) is 29.5 Å². The lowest BCUT2D eigenvalue weighted by molar-refractivity contribution is 0.330. The third-order valence-corrected chi connectivity index (χ3v) is 5.92. The zero-order valence-corrected chi connectivity index (χ0v) is 16.1. The van der Waals surface area contributed by atoms with E-state index in [1.54, 1.807) is 0 Å². The van der Waals surface area contributed by atoms with E-state index >= 15 is 0 Å². The van der Waals surface area contributed by atoms with Crippen LogP contribution in [0.15, 0.2) is 12.4 Å². The molecule has 2 saturated carbocycles. The van der Waals surface area contributed by atoms with Gasteiger partial charge in [-0.05, 0) is 45.6 Å². The summed E-state index contributed by atoms with van der Waals surface area (Å²) in [6, 6.07) is 2.89. The summed E-state index contributed by atoms with van der Waals surface area (Å²) < 4.78 is 4.20. The first kappa shape index (κ1) is 16.7. The molecule has 3 aromatic rings. The molecule has 2 aliphatic carbocycles. The van der Waals surface area contributed by atoms with E-state index in [1.165, 1.54) is 57.0 Å². The van der Waals surface area contributed by atoms with E-state index in [9.17, 15) is 0 Å². The van der Waals surface area contributed by atoms with Crippen molar-refractivity contribution in [3.63, 3.8) is 0 Å². The zero-order valence-electron chi connectivity index (χ0n) is 16.1. The molecule has 0 bridgehead atoms. The Bertz CT molecular complexity index is 974. The summed E-state index contributed by atoms with van der Waals surface area (Å²) in [7, 11) is 0. The number of fused-ring (bicyclic) bond motifs is 1. The molecule has 3 heterocycles. The van der Waals surface area contributed by atoms with Crippen LogP contribution in [0.2, 0.25) is 0 Å². The predicted octanol–water partition coefficient (Wildman–Crippen LogP) is 4.24. The maximum Gasteiger partial charge on any atom is 0.164 e. The van der Waals surface area contributed by atoms with Crippen molar-refractivity contribution in [1.29, 1.82) is 0 Å². The molecule has 2 aliphatic rings. The summed E-state index contributed by atoms with van der Waals surface area (Å²) in [5, 5.41) is 10.8. The van der Waals surface area contributed by atoms with Crippen molar-refractivity contribution in [2.75, 3.05) is 5.73 Å². The van der Waals surface area contributed by atoms with E-state index in [0.717, 1.165) is 22.4 Å². The van der Waals surface area contributed by atoms with Crippen molar-refractivity contribution in [3.05, 3.63) is 18.1 Å². The molecule has 0 unspecified atom stereocenters. The fraction of sp³-hybridized carbons (Fsp3) is 0.600. The molecule has 0 spiro atoms. The third kappa shape index (κ3) is 2.80. The van der Waals surface area contributed by atoms with E-state index in [-0.39, 0.29) is 6.04 Å². The van der Waals surface area contributed by atoms with E-state index < -0.39 is 0 Å². The monoisotopic (exact) mass is 365 g/mol. The molecule has 27 heavy (non-hydrogen) atoms. The maximum atomic E-state index is 6.28. The molecular weight excluding hydrogens is 338 g/mol. The Hall–Kier alpha value is -2.44. The molecule has 0 saturated heterocycles. The number of hydrogen-bond donors (Lipinski definition) is 1. The van der Waals surface area contributed by atoms with Crippen LogP contribution < -0.4 is 5.73 Å². The Morgan fingerprint density at radius 1 is 1.04 bits per heavy atom. The van der Waals surface area contributed by atoms with Gasteiger partial charge in [-0.1, -0.05) is 19.3 Å². The van der Waals surface area contributed by atoms with E-state index in [1.807, 2.05) is 4.68 Å². The highest BCUT2D eigenvalue weighted by Gasteiger charge is 2.31. The van der Waals surface area contributed by atoms with Crippen molar-refractivity contribution in [2.24, 2.45) is 0 Å². The van der Waals surface area contributed by atoms with Crippen LogP contribution in [0.25, 0.3) is 22.4 Å². The summed E-state index contributed by atoms with van der Waals surface area (Å²) in [6.45, 7) is 4.23. The predicted molar refractivity (Wildman–Crippen MR) is 105 cm³/mol. The minimum Gasteiger partial charge on any atom is -0.383 e. The summed E-state index contributed by atoms with van der Waals surface area (Å²) in [6.07, 6.45) is 10.3. The van der Waals surface area contributed by atoms with Crippen molar-refractivity contribution in [2.45, 2.75) is 76.8 Å². The van der Waals surface area contributed by atoms with Crippen LogP contribution >= 0.6 is 0 Å². The number of anilines is 1. The lowest BCUT2D eigenvalue weighted by atomic mass is 9.95. The summed E-state index contributed by atoms with van der Waals surface area (Å²) in [4.78, 5) is 8.73. The minimum absolute atomic E-state index is 0.199. The Kier molecular flexibility index (Phi) is 3.91. The molecule has 5 rings (SSSR count). The quantitative estimate of drug-likeness (QED) is 0.747. The molecule has 0 radical (unpaired) electrons. The van der Waals surface area contributed by atoms with Gasteiger partial charge in [0.25, 0.3) is 0 Å². The second kappa shape index (κ2) is 6.32. The fourth-order valence-electron chi connectivity index (χ4n) is 4.31. The number of rotatable bonds is 4. The van der Waals surface area contributed by atoms with Crippen LogP contribution in [0, 0.1) is 0 Å². The van der Waals surface area contributed by atoms with Crippen molar-refractivity contribution in [3.8, 4) is 11.4 Å². The van der Waals surface area contributed by atoms with Crippen molar-refractivity contribution < 1.29 is 0 Å². The van der Waals surface area contributed by atoms with E-state index in [4.69, 9.17) is 15.9 Å². The van der Waals surface area contributed by atoms with Gasteiger partial charge in [-0.25, -0.2) is 14.6 Å². The standard InChI is InChI=1S/C20H27N7/c1-12(2)26-20-17(19(21)22-11-23-20)18(25-26)16-10-15(13-8-9-13)24-27(16)14-6-4-3-5-7-14/h10-14H,3-9H2,1-2H3,(H2,21,22,23). The van der Waals surface area contributed by atoms with Crippen LogP contribution in [0.4, 0.5) is 5.82 Å². The van der Waals surface area contributed by atoms with Crippen LogP contribution in [-0.2, 0) is 0 Å². The molecule has 0 atom stereocenters. The zero-order chi connectivity index (χ0) is 18.5. The first-order valence-electron chi connectivity index (χ1n) is 10.2. The van der Waals surface area contributed by atoms with E-state index in [2.05, 4.69) is 34.6 Å². The van der Waals surface area contributed by atoms with Gasteiger partial charge >= 0.3 is 0 Å². The van der Waals surface area contributed by atoms with Gasteiger partial charge in [0.05, 0.1) is 22.8 Å². The highest BCUT2D eigenvalue weighted by atomic mass is 15.4. The number of aromatic nitrogens is 6. The first-order valence-corrected chi connectivity index (χ1v) is 10.2. The average molecular weight is 365 g/mol. The lowest BCUT2D eigenvalue weighted by Crippen LogP contribution is -2.15. The Morgan fingerprint density at radius 2 is 1.81 bits per heavy atom. The van der Waals surface area contributed by atoms with Gasteiger partial charge in [0.15, 0.2) is 5.65 Å². The number of hydrogen-bond acceptors (Lipinski definition) is 5. The van der Waals surface area contributed by atoms with Gasteiger partial charge in [0.2, 0.25) is 0 Å². The second-order valence-corrected chi connectivity index (χ2v) is 8.31. The normalized spacial score (nSPS) is 18.6. The van der Waals surface area contributed by atoms with Gasteiger partial charge in [-0.2, -0.15) is 10.2 Å². The molecule has 142 valence electrons. The Morgan fingerprint density at radius 3 is 2.52 bits per heavy atom. The molecule has 0 aromatic carbocycles. The molecule has 0 amide bonds. The number of nitrogens with two attached hydrogens (primary N) is 1. The molecule has 3 aromatic heterocycles. The van der Waals surface area contributed by atoms with Gasteiger partial charge in [0.1, 0.15) is 17.8 Å². The molecule has 2 N–H and O–H groups in total. The van der Waals surface area contributed by atoms with Gasteiger partial charge in [0, 0.05) is 12.0 Å². The summed E-state index contributed by atoms with van der Waals surface area (Å²) in [5.41, 5.74) is 10.2. The van der Waals surface area contributed by atoms with E-state index in [0.29, 0.717) is 17.8 Å². The first-order chi connectivity index (χ1) is 13.1. The van der Waals surface area contributed by atoms with Crippen LogP contribution in [0.3, 0.4) is 0 Å². The number of nitrogens with zero attached hydrogens (tertiary/aromatic N) is 6. The summed E-state index contributed by atoms with van der Waals surface area (Å²) in [5.74, 6) is 1.10. The number of nitrogen functional groups attached to an aromatic ring is 1. The highest BCUT2D eigenvalue weighted by Crippen LogP contribution is 2.43. The molecule has 7 nitrogen and oxygen atoms in total. The topological polar surface area (TPSA) is 87.4 Å². The average Bonchev–Trinajstić information content (AvgIpc) is 3.30. The van der Waals surface area contributed by atoms with Crippen LogP contribution in [-0.4, -0.2) is 29.5 Å². The third-order valence-electron chi connectivity index (χ3n) is 5.92. The van der Waals surface area contributed by atoms with Crippen molar-refractivity contribution >= 4 is 16.9 Å². The Balaban J connectivity index is 1.72. The maximum absolute atomic E-state index is 6.28. The minimum atomic E-state index is 0.199. The lowest BCUT2D eigenvalue weighted by Gasteiger charge is -2.23. The Labute approximate surface area is 159 Å². The van der Waals surface area contributed by atoms with Gasteiger partial charge in [-0.3, -0.25) is 4.68 Å². The molecule has 7 heteroatoms. The largest absolute Gasteiger partial charge is 0.383 e.